The lowest BCUT2D eigenvalue weighted by molar-refractivity contribution is -0.137. The van der Waals surface area contributed by atoms with Gasteiger partial charge in [-0.3, -0.25) is 5.32 Å². The molecule has 0 saturated carbocycles. The molecule has 36 heavy (non-hydrogen) atoms. The highest BCUT2D eigenvalue weighted by molar-refractivity contribution is 7.86. The number of hydrogen-bond donors (Lipinski definition) is 1. The Hall–Kier alpha value is -2.39. The summed E-state index contributed by atoms with van der Waals surface area (Å²) >= 11 is 6.27. The lowest BCUT2D eigenvalue weighted by Gasteiger charge is -2.38. The van der Waals surface area contributed by atoms with Crippen LogP contribution in [0.15, 0.2) is 78.9 Å². The number of rotatable bonds is 10. The Balaban J connectivity index is 2.17. The van der Waals surface area contributed by atoms with Gasteiger partial charge in [0.05, 0.1) is 16.8 Å². The molecule has 0 heterocycles. The van der Waals surface area contributed by atoms with Crippen LogP contribution in [0.4, 0.5) is 13.2 Å². The standard InChI is InChI=1S/C27H29ClF3NO3S/c1-4-26(2,35-36(3,33)34)32-23(18-21-16-11-17-22(25(21)28)27(29,30)31)24(19-12-7-5-8-13-19)20-14-9-6-10-15-20/h5-17,23-24,32H,4,18H2,1-3H3/t23-,26?/m0/s1. The molecule has 3 aromatic carbocycles. The van der Waals surface area contributed by atoms with E-state index in [0.29, 0.717) is 5.56 Å². The fourth-order valence-corrected chi connectivity index (χ4v) is 5.48. The van der Waals surface area contributed by atoms with Crippen molar-refractivity contribution in [2.75, 3.05) is 6.26 Å². The molecule has 3 aromatic rings. The van der Waals surface area contributed by atoms with Crippen molar-refractivity contribution in [1.82, 2.24) is 5.32 Å². The molecule has 0 aliphatic carbocycles. The molecule has 0 amide bonds. The second kappa shape index (κ2) is 11.3. The summed E-state index contributed by atoms with van der Waals surface area (Å²) in [5, 5.41) is 2.95. The second-order valence-electron chi connectivity index (χ2n) is 8.90. The topological polar surface area (TPSA) is 55.4 Å². The van der Waals surface area contributed by atoms with Crippen LogP contribution in [-0.2, 0) is 26.9 Å². The minimum absolute atomic E-state index is 0.0833. The van der Waals surface area contributed by atoms with Crippen LogP contribution in [0, 0.1) is 0 Å². The van der Waals surface area contributed by atoms with Gasteiger partial charge in [0.2, 0.25) is 0 Å². The van der Waals surface area contributed by atoms with Crippen LogP contribution in [0.3, 0.4) is 0 Å². The third kappa shape index (κ3) is 7.32. The summed E-state index contributed by atoms with van der Waals surface area (Å²) in [6.07, 6.45) is -3.28. The smallest absolute Gasteiger partial charge is 0.285 e. The summed E-state index contributed by atoms with van der Waals surface area (Å²) in [5.41, 5.74) is -0.126. The van der Waals surface area contributed by atoms with Gasteiger partial charge in [0.25, 0.3) is 10.1 Å². The van der Waals surface area contributed by atoms with E-state index in [4.69, 9.17) is 15.8 Å². The van der Waals surface area contributed by atoms with E-state index < -0.39 is 33.6 Å². The molecule has 2 atom stereocenters. The van der Waals surface area contributed by atoms with E-state index in [1.54, 1.807) is 19.9 Å². The molecule has 1 N–H and O–H groups in total. The molecule has 0 spiro atoms. The minimum Gasteiger partial charge on any atom is -0.285 e. The van der Waals surface area contributed by atoms with Gasteiger partial charge in [-0.1, -0.05) is 91.3 Å². The van der Waals surface area contributed by atoms with E-state index in [1.807, 2.05) is 60.7 Å². The molecule has 194 valence electrons. The van der Waals surface area contributed by atoms with Gasteiger partial charge in [0.1, 0.15) is 5.72 Å². The van der Waals surface area contributed by atoms with Crippen LogP contribution in [0.25, 0.3) is 0 Å². The van der Waals surface area contributed by atoms with E-state index in [-0.39, 0.29) is 23.8 Å². The van der Waals surface area contributed by atoms with E-state index in [0.717, 1.165) is 23.4 Å². The lowest BCUT2D eigenvalue weighted by Crippen LogP contribution is -2.53. The van der Waals surface area contributed by atoms with Crippen molar-refractivity contribution in [3.63, 3.8) is 0 Å². The van der Waals surface area contributed by atoms with Crippen molar-refractivity contribution in [3.05, 3.63) is 106 Å². The van der Waals surface area contributed by atoms with Gasteiger partial charge < -0.3 is 0 Å². The maximum absolute atomic E-state index is 13.6. The predicted molar refractivity (Wildman–Crippen MR) is 136 cm³/mol. The first-order valence-corrected chi connectivity index (χ1v) is 13.6. The molecule has 0 aromatic heterocycles. The first kappa shape index (κ1) is 28.2. The molecular formula is C27H29ClF3NO3S. The SMILES string of the molecule is CCC(C)(N[C@@H](Cc1cccc(C(F)(F)F)c1Cl)C(c1ccccc1)c1ccccc1)OS(C)(=O)=O. The Labute approximate surface area is 215 Å². The highest BCUT2D eigenvalue weighted by Gasteiger charge is 2.37. The predicted octanol–water partition coefficient (Wildman–Crippen LogP) is 6.79. The molecule has 0 aliphatic rings. The van der Waals surface area contributed by atoms with E-state index in [1.165, 1.54) is 6.07 Å². The highest BCUT2D eigenvalue weighted by atomic mass is 35.5. The zero-order chi connectivity index (χ0) is 26.6. The summed E-state index contributed by atoms with van der Waals surface area (Å²) in [6, 6.07) is 22.2. The Bertz CT molecular complexity index is 1210. The first-order chi connectivity index (χ1) is 16.8. The normalized spacial score (nSPS) is 15.0. The van der Waals surface area contributed by atoms with Crippen LogP contribution in [-0.4, -0.2) is 26.4 Å². The summed E-state index contributed by atoms with van der Waals surface area (Å²) in [4.78, 5) is 0. The Kier molecular flexibility index (Phi) is 8.88. The summed E-state index contributed by atoms with van der Waals surface area (Å²) in [6.45, 7) is 3.38. The molecule has 0 fully saturated rings. The molecule has 1 unspecified atom stereocenters. The Morgan fingerprint density at radius 3 is 1.89 bits per heavy atom. The van der Waals surface area contributed by atoms with E-state index in [2.05, 4.69) is 5.32 Å². The third-order valence-corrected chi connectivity index (χ3v) is 7.16. The molecule has 4 nitrogen and oxygen atoms in total. The average Bonchev–Trinajstić information content (AvgIpc) is 2.80. The van der Waals surface area contributed by atoms with Crippen molar-refractivity contribution in [3.8, 4) is 0 Å². The molecule has 9 heteroatoms. The number of hydrogen-bond acceptors (Lipinski definition) is 4. The highest BCUT2D eigenvalue weighted by Crippen LogP contribution is 2.38. The minimum atomic E-state index is -4.61. The van der Waals surface area contributed by atoms with Crippen LogP contribution >= 0.6 is 11.6 Å². The fourth-order valence-electron chi connectivity index (χ4n) is 4.33. The van der Waals surface area contributed by atoms with E-state index in [9.17, 15) is 21.6 Å². The van der Waals surface area contributed by atoms with Crippen molar-refractivity contribution >= 4 is 21.7 Å². The molecule has 3 rings (SSSR count). The Morgan fingerprint density at radius 1 is 0.917 bits per heavy atom. The van der Waals surface area contributed by atoms with Gasteiger partial charge in [-0.15, -0.1) is 0 Å². The maximum Gasteiger partial charge on any atom is 0.417 e. The summed E-state index contributed by atoms with van der Waals surface area (Å²) < 4.78 is 70.3. The lowest BCUT2D eigenvalue weighted by atomic mass is 9.81. The number of benzene rings is 3. The second-order valence-corrected chi connectivity index (χ2v) is 10.9. The van der Waals surface area contributed by atoms with Crippen LogP contribution in [0.1, 0.15) is 48.4 Å². The van der Waals surface area contributed by atoms with Crippen LogP contribution in [0.5, 0.6) is 0 Å². The van der Waals surface area contributed by atoms with Gasteiger partial charge in [0, 0.05) is 12.0 Å². The van der Waals surface area contributed by atoms with Gasteiger partial charge in [-0.2, -0.15) is 21.6 Å². The zero-order valence-electron chi connectivity index (χ0n) is 20.2. The van der Waals surface area contributed by atoms with Crippen molar-refractivity contribution in [2.24, 2.45) is 0 Å². The van der Waals surface area contributed by atoms with Gasteiger partial charge in [-0.05, 0) is 42.5 Å². The van der Waals surface area contributed by atoms with Crippen molar-refractivity contribution in [2.45, 2.75) is 50.6 Å². The number of halogens is 4. The molecule has 0 aliphatic heterocycles. The van der Waals surface area contributed by atoms with Crippen LogP contribution < -0.4 is 5.32 Å². The summed E-state index contributed by atoms with van der Waals surface area (Å²) in [5.74, 6) is -0.355. The van der Waals surface area contributed by atoms with Crippen LogP contribution in [0.2, 0.25) is 5.02 Å². The quantitative estimate of drug-likeness (QED) is 0.227. The monoisotopic (exact) mass is 539 g/mol. The van der Waals surface area contributed by atoms with Gasteiger partial charge in [0.15, 0.2) is 0 Å². The fraction of sp³-hybridized carbons (Fsp3) is 0.333. The largest absolute Gasteiger partial charge is 0.417 e. The van der Waals surface area contributed by atoms with Gasteiger partial charge in [-0.25, -0.2) is 4.18 Å². The average molecular weight is 540 g/mol. The maximum atomic E-state index is 13.6. The number of alkyl halides is 3. The molecule has 0 saturated heterocycles. The Morgan fingerprint density at radius 2 is 1.44 bits per heavy atom. The van der Waals surface area contributed by atoms with Crippen molar-refractivity contribution < 1.29 is 25.8 Å². The zero-order valence-corrected chi connectivity index (χ0v) is 21.8. The van der Waals surface area contributed by atoms with Crippen molar-refractivity contribution in [1.29, 1.82) is 0 Å². The third-order valence-electron chi connectivity index (χ3n) is 6.04. The first-order valence-electron chi connectivity index (χ1n) is 11.5. The molecule has 0 bridgehead atoms. The number of nitrogens with one attached hydrogen (secondary N) is 1. The summed E-state index contributed by atoms with van der Waals surface area (Å²) in [7, 11) is -3.84. The molecule has 0 radical (unpaired) electrons. The van der Waals surface area contributed by atoms with E-state index >= 15 is 0 Å². The molecular weight excluding hydrogens is 511 g/mol. The van der Waals surface area contributed by atoms with Gasteiger partial charge >= 0.3 is 6.18 Å².